The van der Waals surface area contributed by atoms with E-state index in [1.807, 2.05) is 6.08 Å². The number of aromatic nitrogens is 1. The minimum Gasteiger partial charge on any atom is -0.346 e. The quantitative estimate of drug-likeness (QED) is 0.653. The molecule has 0 aromatic carbocycles. The Morgan fingerprint density at radius 2 is 2.11 bits per heavy atom. The minimum absolute atomic E-state index is 0.101. The van der Waals surface area contributed by atoms with Gasteiger partial charge in [-0.15, -0.1) is 0 Å². The molecule has 98 valence electrons. The molecule has 2 rings (SSSR count). The van der Waals surface area contributed by atoms with Crippen molar-refractivity contribution >= 4 is 12.0 Å². The summed E-state index contributed by atoms with van der Waals surface area (Å²) in [6.07, 6.45) is 6.03. The normalized spacial score (nSPS) is 15.6. The number of nitrogens with one attached hydrogen (secondary N) is 1. The van der Waals surface area contributed by atoms with E-state index in [9.17, 15) is 4.79 Å². The first-order valence-corrected chi connectivity index (χ1v) is 6.33. The van der Waals surface area contributed by atoms with Crippen LogP contribution in [-0.2, 0) is 4.79 Å². The van der Waals surface area contributed by atoms with Gasteiger partial charge in [0.25, 0.3) is 5.91 Å². The third kappa shape index (κ3) is 2.82. The fourth-order valence-corrected chi connectivity index (χ4v) is 2.29. The molecule has 1 aromatic heterocycles. The molecule has 0 atom stereocenters. The average molecular weight is 247 g/mol. The molecule has 4 nitrogen and oxygen atoms in total. The Balaban J connectivity index is 2.12. The van der Waals surface area contributed by atoms with Crippen LogP contribution in [0.3, 0.4) is 0 Å². The van der Waals surface area contributed by atoms with Crippen LogP contribution < -0.4 is 5.43 Å². The monoisotopic (exact) mass is 247 g/mol. The Morgan fingerprint density at radius 3 is 2.67 bits per heavy atom. The number of hydrazine groups is 1. The van der Waals surface area contributed by atoms with Crippen molar-refractivity contribution in [2.45, 2.75) is 32.7 Å². The maximum absolute atomic E-state index is 11.5. The second-order valence-corrected chi connectivity index (χ2v) is 5.13. The van der Waals surface area contributed by atoms with E-state index in [2.05, 4.69) is 29.9 Å². The fourth-order valence-electron chi connectivity index (χ4n) is 2.29. The van der Waals surface area contributed by atoms with Crippen LogP contribution in [0.1, 0.15) is 35.8 Å². The molecule has 0 saturated heterocycles. The highest BCUT2D eigenvalue weighted by Gasteiger charge is 2.26. The van der Waals surface area contributed by atoms with Gasteiger partial charge in [-0.05, 0) is 44.4 Å². The molecular weight excluding hydrogens is 226 g/mol. The van der Waals surface area contributed by atoms with Gasteiger partial charge >= 0.3 is 0 Å². The molecule has 1 amide bonds. The van der Waals surface area contributed by atoms with Gasteiger partial charge in [0.1, 0.15) is 0 Å². The summed E-state index contributed by atoms with van der Waals surface area (Å²) in [5.74, 6) is -0.101. The van der Waals surface area contributed by atoms with Crippen molar-refractivity contribution in [1.82, 2.24) is 15.0 Å². The maximum atomic E-state index is 11.5. The summed E-state index contributed by atoms with van der Waals surface area (Å²) in [4.78, 5) is 11.5. The number of aryl methyl sites for hydroxylation is 1. The van der Waals surface area contributed by atoms with Crippen LogP contribution in [0.25, 0.3) is 6.08 Å². The Labute approximate surface area is 108 Å². The van der Waals surface area contributed by atoms with E-state index < -0.39 is 0 Å². The predicted molar refractivity (Wildman–Crippen MR) is 73.0 cm³/mol. The van der Waals surface area contributed by atoms with Gasteiger partial charge in [-0.25, -0.2) is 5.01 Å². The molecule has 1 saturated carbocycles. The molecule has 0 radical (unpaired) electrons. The van der Waals surface area contributed by atoms with E-state index in [4.69, 9.17) is 0 Å². The molecule has 18 heavy (non-hydrogen) atoms. The summed E-state index contributed by atoms with van der Waals surface area (Å²) in [6.45, 7) is 4.25. The molecule has 1 N–H and O–H groups in total. The number of amides is 1. The lowest BCUT2D eigenvalue weighted by molar-refractivity contribution is -0.119. The third-order valence-corrected chi connectivity index (χ3v) is 3.18. The van der Waals surface area contributed by atoms with Crippen molar-refractivity contribution in [3.8, 4) is 0 Å². The summed E-state index contributed by atoms with van der Waals surface area (Å²) in [7, 11) is 3.59. The van der Waals surface area contributed by atoms with E-state index in [-0.39, 0.29) is 5.91 Å². The van der Waals surface area contributed by atoms with Gasteiger partial charge in [-0.2, -0.15) is 0 Å². The second kappa shape index (κ2) is 4.98. The summed E-state index contributed by atoms with van der Waals surface area (Å²) >= 11 is 0. The molecule has 1 aliphatic carbocycles. The Morgan fingerprint density at radius 1 is 1.44 bits per heavy atom. The molecule has 0 aliphatic heterocycles. The maximum Gasteiger partial charge on any atom is 0.258 e. The van der Waals surface area contributed by atoms with Gasteiger partial charge in [-0.3, -0.25) is 10.2 Å². The lowest BCUT2D eigenvalue weighted by atomic mass is 10.2. The van der Waals surface area contributed by atoms with Crippen molar-refractivity contribution in [2.75, 3.05) is 14.1 Å². The summed E-state index contributed by atoms with van der Waals surface area (Å²) in [6, 6.07) is 2.83. The predicted octanol–water partition coefficient (Wildman–Crippen LogP) is 2.05. The summed E-state index contributed by atoms with van der Waals surface area (Å²) in [5, 5.41) is 1.64. The van der Waals surface area contributed by atoms with Crippen LogP contribution in [-0.4, -0.2) is 29.6 Å². The van der Waals surface area contributed by atoms with E-state index in [0.717, 1.165) is 5.56 Å². The highest BCUT2D eigenvalue weighted by atomic mass is 16.2. The Bertz CT molecular complexity index is 481. The number of hydrogen-bond acceptors (Lipinski definition) is 2. The lowest BCUT2D eigenvalue weighted by Gasteiger charge is -2.09. The fraction of sp³-hybridized carbons (Fsp3) is 0.500. The van der Waals surface area contributed by atoms with Gasteiger partial charge < -0.3 is 4.57 Å². The summed E-state index contributed by atoms with van der Waals surface area (Å²) in [5.41, 5.74) is 6.36. The van der Waals surface area contributed by atoms with Crippen molar-refractivity contribution < 1.29 is 4.79 Å². The Hall–Kier alpha value is -1.55. The van der Waals surface area contributed by atoms with Crippen molar-refractivity contribution in [1.29, 1.82) is 0 Å². The molecular formula is C14H21N3O. The number of carbonyl (C=O) groups is 1. The number of rotatable bonds is 4. The van der Waals surface area contributed by atoms with Crippen LogP contribution in [0.5, 0.6) is 0 Å². The van der Waals surface area contributed by atoms with Gasteiger partial charge in [0.15, 0.2) is 0 Å². The van der Waals surface area contributed by atoms with Crippen LogP contribution >= 0.6 is 0 Å². The highest BCUT2D eigenvalue weighted by Crippen LogP contribution is 2.38. The molecule has 1 aromatic rings. The van der Waals surface area contributed by atoms with Gasteiger partial charge in [0.05, 0.1) is 0 Å². The molecule has 0 bridgehead atoms. The average Bonchev–Trinajstić information content (AvgIpc) is 3.03. The van der Waals surface area contributed by atoms with E-state index in [1.54, 1.807) is 25.2 Å². The standard InChI is InChI=1S/C14H21N3O/c1-10-9-12(5-8-14(18)15-16(3)4)11(2)17(10)13-6-7-13/h5,8-9,13H,6-7H2,1-4H3,(H,15,18)/b8-5+. The highest BCUT2D eigenvalue weighted by molar-refractivity contribution is 5.91. The largest absolute Gasteiger partial charge is 0.346 e. The second-order valence-electron chi connectivity index (χ2n) is 5.13. The number of carbonyl (C=O) groups excluding carboxylic acids is 1. The van der Waals surface area contributed by atoms with Crippen LogP contribution in [0, 0.1) is 13.8 Å². The number of hydrogen-bond donors (Lipinski definition) is 1. The first-order valence-electron chi connectivity index (χ1n) is 6.33. The van der Waals surface area contributed by atoms with E-state index in [1.165, 1.54) is 24.2 Å². The zero-order chi connectivity index (χ0) is 13.3. The smallest absolute Gasteiger partial charge is 0.258 e. The molecule has 0 spiro atoms. The van der Waals surface area contributed by atoms with E-state index in [0.29, 0.717) is 6.04 Å². The summed E-state index contributed by atoms with van der Waals surface area (Å²) < 4.78 is 2.38. The lowest BCUT2D eigenvalue weighted by Crippen LogP contribution is -2.34. The van der Waals surface area contributed by atoms with Crippen LogP contribution in [0.15, 0.2) is 12.1 Å². The molecule has 4 heteroatoms. The SMILES string of the molecule is Cc1cc(/C=C/C(=O)NN(C)C)c(C)n1C1CC1. The zero-order valence-corrected chi connectivity index (χ0v) is 11.5. The molecule has 1 heterocycles. The van der Waals surface area contributed by atoms with Gasteiger partial charge in [0, 0.05) is 37.6 Å². The minimum atomic E-state index is -0.101. The molecule has 1 fully saturated rings. The van der Waals surface area contributed by atoms with Crippen LogP contribution in [0.4, 0.5) is 0 Å². The van der Waals surface area contributed by atoms with E-state index >= 15 is 0 Å². The third-order valence-electron chi connectivity index (χ3n) is 3.18. The number of nitrogens with zero attached hydrogens (tertiary/aromatic N) is 2. The molecule has 1 aliphatic rings. The van der Waals surface area contributed by atoms with Crippen LogP contribution in [0.2, 0.25) is 0 Å². The van der Waals surface area contributed by atoms with Gasteiger partial charge in [-0.1, -0.05) is 0 Å². The molecule has 0 unspecified atom stereocenters. The van der Waals surface area contributed by atoms with Crippen molar-refractivity contribution in [2.24, 2.45) is 0 Å². The topological polar surface area (TPSA) is 37.3 Å². The van der Waals surface area contributed by atoms with Crippen molar-refractivity contribution in [3.63, 3.8) is 0 Å². The van der Waals surface area contributed by atoms with Gasteiger partial charge in [0.2, 0.25) is 0 Å². The first kappa shape index (κ1) is 12.9. The first-order chi connectivity index (χ1) is 8.49. The zero-order valence-electron chi connectivity index (χ0n) is 11.5. The Kier molecular flexibility index (Phi) is 3.57. The van der Waals surface area contributed by atoms with Crippen molar-refractivity contribution in [3.05, 3.63) is 29.1 Å².